The predicted molar refractivity (Wildman–Crippen MR) is 86.7 cm³/mol. The summed E-state index contributed by atoms with van der Waals surface area (Å²) in [5.41, 5.74) is 2.92. The molecule has 0 aliphatic carbocycles. The maximum Gasteiger partial charge on any atom is 0.339 e. The number of cyclic esters (lactones) is 1. The summed E-state index contributed by atoms with van der Waals surface area (Å²) in [5, 5.41) is 4.96. The zero-order chi connectivity index (χ0) is 17.5. The van der Waals surface area contributed by atoms with Crippen molar-refractivity contribution in [1.82, 2.24) is 0 Å². The lowest BCUT2D eigenvalue weighted by Crippen LogP contribution is -2.14. The third kappa shape index (κ3) is 2.95. The Bertz CT molecular complexity index is 963. The van der Waals surface area contributed by atoms with Crippen LogP contribution in [0.5, 0.6) is 0 Å². The molecule has 24 heavy (non-hydrogen) atoms. The van der Waals surface area contributed by atoms with Gasteiger partial charge in [0.05, 0.1) is 5.57 Å². The van der Waals surface area contributed by atoms with Gasteiger partial charge < -0.3 is 4.74 Å². The van der Waals surface area contributed by atoms with Crippen molar-refractivity contribution in [2.24, 2.45) is 5.14 Å². The van der Waals surface area contributed by atoms with Gasteiger partial charge in [-0.3, -0.25) is 0 Å². The van der Waals surface area contributed by atoms with E-state index in [2.05, 4.69) is 0 Å². The molecule has 124 valence electrons. The van der Waals surface area contributed by atoms with Crippen LogP contribution in [0, 0.1) is 12.7 Å². The first kappa shape index (κ1) is 16.4. The van der Waals surface area contributed by atoms with E-state index in [4.69, 9.17) is 9.88 Å². The molecule has 1 heterocycles. The fourth-order valence-electron chi connectivity index (χ4n) is 2.56. The van der Waals surface area contributed by atoms with Crippen LogP contribution in [-0.2, 0) is 19.6 Å². The zero-order valence-corrected chi connectivity index (χ0v) is 13.6. The van der Waals surface area contributed by atoms with Crippen LogP contribution in [0.25, 0.3) is 11.1 Å². The number of nitrogens with two attached hydrogens (primary N) is 1. The molecule has 0 bridgehead atoms. The summed E-state index contributed by atoms with van der Waals surface area (Å²) in [6.07, 6.45) is 0. The highest BCUT2D eigenvalue weighted by Crippen LogP contribution is 2.33. The third-order valence-corrected chi connectivity index (χ3v) is 4.72. The average Bonchev–Trinajstić information content (AvgIpc) is 2.88. The summed E-state index contributed by atoms with van der Waals surface area (Å²) in [4.78, 5) is 11.5. The van der Waals surface area contributed by atoms with Crippen molar-refractivity contribution in [2.45, 2.75) is 11.8 Å². The van der Waals surface area contributed by atoms with Crippen molar-refractivity contribution in [1.29, 1.82) is 0 Å². The number of rotatable bonds is 3. The van der Waals surface area contributed by atoms with E-state index in [0.29, 0.717) is 22.3 Å². The topological polar surface area (TPSA) is 86.5 Å². The lowest BCUT2D eigenvalue weighted by atomic mass is 9.96. The van der Waals surface area contributed by atoms with Gasteiger partial charge in [0.2, 0.25) is 10.0 Å². The molecule has 7 heteroatoms. The number of aryl methyl sites for hydroxylation is 1. The minimum absolute atomic E-state index is 0.00377. The molecule has 0 radical (unpaired) electrons. The maximum atomic E-state index is 14.1. The summed E-state index contributed by atoms with van der Waals surface area (Å²) in [7, 11) is -4.14. The summed E-state index contributed by atoms with van der Waals surface area (Å²) in [6, 6.07) is 10.8. The van der Waals surface area contributed by atoms with Crippen LogP contribution >= 0.6 is 0 Å². The molecule has 0 spiro atoms. The standard InChI is InChI=1S/C17H14FNO4S/c1-10-2-4-11(5-3-10)16-13(9-23-17(16)20)12-6-7-15(14(18)8-12)24(19,21)22/h2-8H,9H2,1H3,(H2,19,21,22). The number of primary sulfonamides is 1. The summed E-state index contributed by atoms with van der Waals surface area (Å²) < 4.78 is 41.8. The van der Waals surface area contributed by atoms with Crippen molar-refractivity contribution in [3.05, 3.63) is 65.0 Å². The van der Waals surface area contributed by atoms with Crippen molar-refractivity contribution in [3.8, 4) is 0 Å². The summed E-state index contributed by atoms with van der Waals surface area (Å²) in [6.45, 7) is 1.92. The van der Waals surface area contributed by atoms with Crippen LogP contribution in [0.15, 0.2) is 47.4 Å². The van der Waals surface area contributed by atoms with Gasteiger partial charge in [-0.15, -0.1) is 0 Å². The van der Waals surface area contributed by atoms with Crippen LogP contribution in [0.4, 0.5) is 4.39 Å². The van der Waals surface area contributed by atoms with E-state index in [1.54, 1.807) is 12.1 Å². The van der Waals surface area contributed by atoms with E-state index in [9.17, 15) is 17.6 Å². The Morgan fingerprint density at radius 2 is 1.71 bits per heavy atom. The van der Waals surface area contributed by atoms with Gasteiger partial charge in [-0.05, 0) is 30.2 Å². The minimum atomic E-state index is -4.14. The molecule has 0 fully saturated rings. The number of hydrogen-bond donors (Lipinski definition) is 1. The molecule has 5 nitrogen and oxygen atoms in total. The molecule has 2 N–H and O–H groups in total. The molecule has 1 aliphatic rings. The van der Waals surface area contributed by atoms with Crippen LogP contribution in [0.1, 0.15) is 16.7 Å². The zero-order valence-electron chi connectivity index (χ0n) is 12.7. The molecule has 0 saturated carbocycles. The first-order chi connectivity index (χ1) is 11.3. The molecule has 0 amide bonds. The molecule has 2 aromatic carbocycles. The molecule has 0 unspecified atom stereocenters. The monoisotopic (exact) mass is 347 g/mol. The number of esters is 1. The van der Waals surface area contributed by atoms with Crippen molar-refractivity contribution in [3.63, 3.8) is 0 Å². The highest BCUT2D eigenvalue weighted by Gasteiger charge is 2.28. The quantitative estimate of drug-likeness (QED) is 0.863. The van der Waals surface area contributed by atoms with Gasteiger partial charge in [-0.1, -0.05) is 35.9 Å². The molecular formula is C17H14FNO4S. The molecule has 0 atom stereocenters. The number of benzene rings is 2. The third-order valence-electron chi connectivity index (χ3n) is 3.78. The first-order valence-electron chi connectivity index (χ1n) is 7.07. The molecule has 0 saturated heterocycles. The Hall–Kier alpha value is -2.51. The number of sulfonamides is 1. The molecular weight excluding hydrogens is 333 g/mol. The number of hydrogen-bond acceptors (Lipinski definition) is 4. The Kier molecular flexibility index (Phi) is 3.98. The normalized spacial score (nSPS) is 14.9. The van der Waals surface area contributed by atoms with E-state index in [0.717, 1.165) is 17.7 Å². The molecule has 2 aromatic rings. The van der Waals surface area contributed by atoms with Crippen molar-refractivity contribution < 1.29 is 22.3 Å². The van der Waals surface area contributed by atoms with Crippen molar-refractivity contribution >= 4 is 27.1 Å². The fraction of sp³-hybridized carbons (Fsp3) is 0.118. The van der Waals surface area contributed by atoms with Gasteiger partial charge in [-0.2, -0.15) is 0 Å². The van der Waals surface area contributed by atoms with Crippen molar-refractivity contribution in [2.75, 3.05) is 6.61 Å². The van der Waals surface area contributed by atoms with Gasteiger partial charge in [-0.25, -0.2) is 22.7 Å². The van der Waals surface area contributed by atoms with E-state index < -0.39 is 26.7 Å². The smallest absolute Gasteiger partial charge is 0.339 e. The van der Waals surface area contributed by atoms with Gasteiger partial charge in [0.15, 0.2) is 0 Å². The predicted octanol–water partition coefficient (Wildman–Crippen LogP) is 2.25. The van der Waals surface area contributed by atoms with E-state index in [1.807, 2.05) is 19.1 Å². The Balaban J connectivity index is 2.14. The second-order valence-electron chi connectivity index (χ2n) is 5.49. The van der Waals surface area contributed by atoms with Crippen LogP contribution in [-0.4, -0.2) is 21.0 Å². The molecule has 0 aromatic heterocycles. The fourth-order valence-corrected chi connectivity index (χ4v) is 3.15. The largest absolute Gasteiger partial charge is 0.457 e. The summed E-state index contributed by atoms with van der Waals surface area (Å²) in [5.74, 6) is -1.46. The number of ether oxygens (including phenoxy) is 1. The second-order valence-corrected chi connectivity index (χ2v) is 7.02. The Morgan fingerprint density at radius 3 is 2.29 bits per heavy atom. The van der Waals surface area contributed by atoms with Gasteiger partial charge >= 0.3 is 5.97 Å². The second kappa shape index (κ2) is 5.85. The van der Waals surface area contributed by atoms with Crippen LogP contribution in [0.3, 0.4) is 0 Å². The molecule has 1 aliphatic heterocycles. The highest BCUT2D eigenvalue weighted by molar-refractivity contribution is 7.89. The van der Waals surface area contributed by atoms with Gasteiger partial charge in [0.25, 0.3) is 0 Å². The van der Waals surface area contributed by atoms with Crippen LogP contribution in [0.2, 0.25) is 0 Å². The first-order valence-corrected chi connectivity index (χ1v) is 8.62. The van der Waals surface area contributed by atoms with Crippen LogP contribution < -0.4 is 5.14 Å². The summed E-state index contributed by atoms with van der Waals surface area (Å²) >= 11 is 0. The van der Waals surface area contributed by atoms with E-state index in [-0.39, 0.29) is 6.61 Å². The lowest BCUT2D eigenvalue weighted by molar-refractivity contribution is -0.133. The molecule has 3 rings (SSSR count). The lowest BCUT2D eigenvalue weighted by Gasteiger charge is -2.07. The Labute approximate surface area is 138 Å². The maximum absolute atomic E-state index is 14.1. The highest BCUT2D eigenvalue weighted by atomic mass is 32.2. The number of halogens is 1. The number of carbonyl (C=O) groups excluding carboxylic acids is 1. The van der Waals surface area contributed by atoms with E-state index in [1.165, 1.54) is 6.07 Å². The van der Waals surface area contributed by atoms with Gasteiger partial charge in [0.1, 0.15) is 17.3 Å². The number of carbonyl (C=O) groups is 1. The van der Waals surface area contributed by atoms with Gasteiger partial charge in [0, 0.05) is 5.57 Å². The minimum Gasteiger partial charge on any atom is -0.457 e. The average molecular weight is 347 g/mol. The SMILES string of the molecule is Cc1ccc(C2=C(c3ccc(S(N)(=O)=O)c(F)c3)COC2=O)cc1. The van der Waals surface area contributed by atoms with E-state index >= 15 is 0 Å². The Morgan fingerprint density at radius 1 is 1.08 bits per heavy atom.